The van der Waals surface area contributed by atoms with Crippen LogP contribution in [0.5, 0.6) is 0 Å². The number of thiophene rings is 1. The Kier molecular flexibility index (Phi) is 10.3. The van der Waals surface area contributed by atoms with Gasteiger partial charge in [0.2, 0.25) is 0 Å². The fourth-order valence-electron chi connectivity index (χ4n) is 5.32. The second-order valence-electron chi connectivity index (χ2n) is 11.3. The Hall–Kier alpha value is -5.39. The minimum absolute atomic E-state index is 0.000904. The molecule has 0 fully saturated rings. The van der Waals surface area contributed by atoms with Crippen LogP contribution in [0.2, 0.25) is 0 Å². The molecule has 0 aliphatic carbocycles. The summed E-state index contributed by atoms with van der Waals surface area (Å²) >= 11 is 1.13. The van der Waals surface area contributed by atoms with Crippen molar-refractivity contribution in [1.82, 2.24) is 24.1 Å². The summed E-state index contributed by atoms with van der Waals surface area (Å²) in [5, 5.41) is 18.4. The molecule has 3 heterocycles. The van der Waals surface area contributed by atoms with Crippen molar-refractivity contribution in [2.24, 2.45) is 0 Å². The van der Waals surface area contributed by atoms with Crippen LogP contribution in [-0.4, -0.2) is 49.3 Å². The van der Waals surface area contributed by atoms with E-state index in [2.05, 4.69) is 10.2 Å². The van der Waals surface area contributed by atoms with E-state index in [-0.39, 0.29) is 43.7 Å². The number of rotatable bonds is 13. The summed E-state index contributed by atoms with van der Waals surface area (Å²) in [6, 6.07) is 17.8. The van der Waals surface area contributed by atoms with Gasteiger partial charge < -0.3 is 14.2 Å². The van der Waals surface area contributed by atoms with E-state index in [1.165, 1.54) is 35.6 Å². The average Bonchev–Trinajstić information content (AvgIpc) is 3.73. The van der Waals surface area contributed by atoms with E-state index >= 15 is 0 Å². The first kappa shape index (κ1) is 34.0. The molecule has 0 amide bonds. The third-order valence-corrected chi connectivity index (χ3v) is 9.02. The number of hydrogen-bond acceptors (Lipinski definition) is 11. The van der Waals surface area contributed by atoms with Crippen LogP contribution in [0.25, 0.3) is 15.2 Å². The predicted octanol–water partition coefficient (Wildman–Crippen LogP) is 4.44. The first-order chi connectivity index (χ1) is 23.1. The Labute approximate surface area is 279 Å². The van der Waals surface area contributed by atoms with Crippen molar-refractivity contribution in [3.63, 3.8) is 0 Å². The second kappa shape index (κ2) is 14.6. The molecule has 0 aliphatic heterocycles. The molecule has 1 atom stereocenters. The highest BCUT2D eigenvalue weighted by Gasteiger charge is 2.37. The maximum Gasteiger partial charge on any atom is 0.338 e. The highest BCUT2D eigenvalue weighted by molar-refractivity contribution is 7.21. The summed E-state index contributed by atoms with van der Waals surface area (Å²) in [6.07, 6.45) is 2.10. The summed E-state index contributed by atoms with van der Waals surface area (Å²) in [5.41, 5.74) is -1.32. The Morgan fingerprint density at radius 3 is 2.40 bits per heavy atom. The molecular formula is C34H34N6O7S. The zero-order valence-corrected chi connectivity index (χ0v) is 27.7. The number of aryl methyl sites for hydroxylation is 1. The van der Waals surface area contributed by atoms with Crippen molar-refractivity contribution in [3.05, 3.63) is 110 Å². The molecule has 0 aliphatic rings. The minimum Gasteiger partial charge on any atom is -0.462 e. The highest BCUT2D eigenvalue weighted by atomic mass is 32.1. The Bertz CT molecular complexity index is 2090. The SMILES string of the molecule is CCOC(=O)c1ccccc1[C@H](Cn1c(=O)n(C(C)(C)C(=O)OCc2ccccc2)c(=O)c2c(C)c(-n3nccn3)sc21)OCCC#N. The number of carbonyl (C=O) groups excluding carboxylic acids is 2. The van der Waals surface area contributed by atoms with Gasteiger partial charge in [0.25, 0.3) is 5.56 Å². The fourth-order valence-corrected chi connectivity index (χ4v) is 6.54. The van der Waals surface area contributed by atoms with Crippen molar-refractivity contribution < 1.29 is 23.8 Å². The first-order valence-corrected chi connectivity index (χ1v) is 16.0. The average molecular weight is 671 g/mol. The number of nitrogens with zero attached hydrogens (tertiary/aromatic N) is 6. The number of nitriles is 1. The molecule has 14 heteroatoms. The third kappa shape index (κ3) is 6.69. The van der Waals surface area contributed by atoms with Crippen molar-refractivity contribution in [2.45, 2.75) is 58.9 Å². The van der Waals surface area contributed by atoms with Gasteiger partial charge in [-0.15, -0.1) is 4.80 Å². The molecule has 5 aromatic rings. The van der Waals surface area contributed by atoms with Crippen LogP contribution in [0.3, 0.4) is 0 Å². The summed E-state index contributed by atoms with van der Waals surface area (Å²) in [5.74, 6) is -1.36. The van der Waals surface area contributed by atoms with Gasteiger partial charge in [0, 0.05) is 5.56 Å². The molecule has 0 saturated carbocycles. The minimum atomic E-state index is -1.74. The quantitative estimate of drug-likeness (QED) is 0.129. The molecule has 13 nitrogen and oxygen atoms in total. The van der Waals surface area contributed by atoms with Crippen LogP contribution < -0.4 is 11.2 Å². The van der Waals surface area contributed by atoms with E-state index in [4.69, 9.17) is 14.2 Å². The van der Waals surface area contributed by atoms with Crippen LogP contribution in [0, 0.1) is 18.3 Å². The molecule has 248 valence electrons. The topological polar surface area (TPSA) is 160 Å². The monoisotopic (exact) mass is 670 g/mol. The smallest absolute Gasteiger partial charge is 0.338 e. The summed E-state index contributed by atoms with van der Waals surface area (Å²) in [6.45, 7) is 6.22. The molecule has 0 saturated heterocycles. The van der Waals surface area contributed by atoms with Gasteiger partial charge in [0.05, 0.1) is 55.6 Å². The number of hydrogen-bond donors (Lipinski definition) is 0. The number of aromatic nitrogens is 5. The number of carbonyl (C=O) groups is 2. The van der Waals surface area contributed by atoms with Gasteiger partial charge in [-0.25, -0.2) is 19.0 Å². The molecule has 5 rings (SSSR count). The zero-order valence-electron chi connectivity index (χ0n) is 26.9. The van der Waals surface area contributed by atoms with Gasteiger partial charge in [-0.05, 0) is 44.9 Å². The van der Waals surface area contributed by atoms with E-state index in [9.17, 15) is 24.4 Å². The zero-order chi connectivity index (χ0) is 34.4. The Balaban J connectivity index is 1.70. The van der Waals surface area contributed by atoms with E-state index in [1.807, 2.05) is 24.3 Å². The van der Waals surface area contributed by atoms with E-state index < -0.39 is 34.8 Å². The van der Waals surface area contributed by atoms with Crippen LogP contribution in [0.4, 0.5) is 0 Å². The van der Waals surface area contributed by atoms with Crippen LogP contribution >= 0.6 is 11.3 Å². The lowest BCUT2D eigenvalue weighted by molar-refractivity contribution is -0.154. The van der Waals surface area contributed by atoms with Crippen LogP contribution in [-0.2, 0) is 37.7 Å². The number of fused-ring (bicyclic) bond motifs is 1. The van der Waals surface area contributed by atoms with Crippen molar-refractivity contribution in [2.75, 3.05) is 13.2 Å². The van der Waals surface area contributed by atoms with Crippen molar-refractivity contribution in [3.8, 4) is 11.1 Å². The lowest BCUT2D eigenvalue weighted by Gasteiger charge is -2.27. The molecule has 0 radical (unpaired) electrons. The number of esters is 2. The summed E-state index contributed by atoms with van der Waals surface area (Å²) in [4.78, 5) is 57.1. The Morgan fingerprint density at radius 2 is 1.71 bits per heavy atom. The molecule has 0 N–H and O–H groups in total. The van der Waals surface area contributed by atoms with E-state index in [1.54, 1.807) is 50.2 Å². The summed E-state index contributed by atoms with van der Waals surface area (Å²) < 4.78 is 19.3. The molecule has 0 unspecified atom stereocenters. The van der Waals surface area contributed by atoms with Gasteiger partial charge in [-0.3, -0.25) is 9.36 Å². The maximum atomic E-state index is 14.5. The lowest BCUT2D eigenvalue weighted by atomic mass is 10.0. The normalized spacial score (nSPS) is 12.1. The first-order valence-electron chi connectivity index (χ1n) is 15.2. The molecule has 0 bridgehead atoms. The molecule has 48 heavy (non-hydrogen) atoms. The molecule has 3 aromatic heterocycles. The Morgan fingerprint density at radius 1 is 1.02 bits per heavy atom. The van der Waals surface area contributed by atoms with E-state index in [0.717, 1.165) is 21.5 Å². The second-order valence-corrected chi connectivity index (χ2v) is 12.2. The van der Waals surface area contributed by atoms with Crippen molar-refractivity contribution >= 4 is 33.5 Å². The highest BCUT2D eigenvalue weighted by Crippen LogP contribution is 2.33. The number of benzene rings is 2. The lowest BCUT2D eigenvalue weighted by Crippen LogP contribution is -2.53. The summed E-state index contributed by atoms with van der Waals surface area (Å²) in [7, 11) is 0. The van der Waals surface area contributed by atoms with Crippen LogP contribution in [0.15, 0.2) is 76.6 Å². The third-order valence-electron chi connectivity index (χ3n) is 7.74. The predicted molar refractivity (Wildman–Crippen MR) is 177 cm³/mol. The molecule has 2 aromatic carbocycles. The largest absolute Gasteiger partial charge is 0.462 e. The maximum absolute atomic E-state index is 14.5. The van der Waals surface area contributed by atoms with Gasteiger partial charge in [0.15, 0.2) is 0 Å². The van der Waals surface area contributed by atoms with Crippen molar-refractivity contribution in [1.29, 1.82) is 5.26 Å². The number of ether oxygens (including phenoxy) is 3. The molecule has 0 spiro atoms. The van der Waals surface area contributed by atoms with Crippen LogP contribution in [0.1, 0.15) is 60.3 Å². The standard InChI is InChI=1S/C34H34N6O7S/c1-5-45-31(42)25-15-10-9-14-24(25)26(46-19-11-16-35)20-38-30-27(22(2)29(48-30)40-36-17-18-37-40)28(41)39(33(38)44)34(3,4)32(43)47-21-23-12-7-6-8-13-23/h6-10,12-15,17-18,26H,5,11,19-21H2,1-4H3/t26-/m0/s1. The van der Waals surface area contributed by atoms with Gasteiger partial charge in [-0.2, -0.15) is 15.5 Å². The van der Waals surface area contributed by atoms with E-state index in [0.29, 0.717) is 21.0 Å². The molecular weight excluding hydrogens is 636 g/mol. The fraction of sp³-hybridized carbons (Fsp3) is 0.324. The van der Waals surface area contributed by atoms with Gasteiger partial charge >= 0.3 is 17.6 Å². The van der Waals surface area contributed by atoms with Gasteiger partial charge in [-0.1, -0.05) is 59.9 Å². The van der Waals surface area contributed by atoms with Gasteiger partial charge in [0.1, 0.15) is 28.1 Å².